The van der Waals surface area contributed by atoms with Gasteiger partial charge >= 0.3 is 0 Å². The van der Waals surface area contributed by atoms with Crippen molar-refractivity contribution >= 4 is 5.82 Å². The van der Waals surface area contributed by atoms with Gasteiger partial charge in [-0.25, -0.2) is 9.97 Å². The lowest BCUT2D eigenvalue weighted by atomic mass is 10.0. The van der Waals surface area contributed by atoms with Gasteiger partial charge in [-0.05, 0) is 18.9 Å². The van der Waals surface area contributed by atoms with Crippen molar-refractivity contribution in [2.24, 2.45) is 0 Å². The summed E-state index contributed by atoms with van der Waals surface area (Å²) in [5.74, 6) is 3.39. The first-order valence-electron chi connectivity index (χ1n) is 10.3. The van der Waals surface area contributed by atoms with Gasteiger partial charge in [0.15, 0.2) is 0 Å². The first-order chi connectivity index (χ1) is 13.5. The maximum Gasteiger partial charge on any atom is 0.137 e. The molecule has 0 unspecified atom stereocenters. The van der Waals surface area contributed by atoms with Crippen molar-refractivity contribution in [2.75, 3.05) is 31.6 Å². The van der Waals surface area contributed by atoms with Crippen LogP contribution < -0.4 is 9.64 Å². The molecule has 1 saturated heterocycles. The van der Waals surface area contributed by atoms with Crippen LogP contribution in [0.2, 0.25) is 0 Å². The van der Waals surface area contributed by atoms with Gasteiger partial charge in [0.25, 0.3) is 0 Å². The molecule has 2 aliphatic rings. The zero-order valence-corrected chi connectivity index (χ0v) is 17.1. The maximum atomic E-state index is 10.3. The SMILES string of the molecule is COc1ccc(CN2CCc3nc(C(C)C)nc(N4CCCC4)c3C2)c(O)c1. The molecule has 150 valence electrons. The molecule has 1 aromatic carbocycles. The fraction of sp³-hybridized carbons (Fsp3) is 0.545. The van der Waals surface area contributed by atoms with Crippen LogP contribution in [-0.4, -0.2) is 46.7 Å². The predicted octanol–water partition coefficient (Wildman–Crippen LogP) is 3.47. The Kier molecular flexibility index (Phi) is 5.40. The van der Waals surface area contributed by atoms with Gasteiger partial charge in [-0.2, -0.15) is 0 Å². The van der Waals surface area contributed by atoms with Gasteiger partial charge in [0.05, 0.1) is 12.8 Å². The number of methoxy groups -OCH3 is 1. The molecular weight excluding hydrogens is 352 g/mol. The van der Waals surface area contributed by atoms with E-state index in [-0.39, 0.29) is 5.75 Å². The summed E-state index contributed by atoms with van der Waals surface area (Å²) in [6, 6.07) is 5.53. The van der Waals surface area contributed by atoms with Gasteiger partial charge < -0.3 is 14.7 Å². The molecule has 0 saturated carbocycles. The van der Waals surface area contributed by atoms with Crippen LogP contribution in [0.15, 0.2) is 18.2 Å². The normalized spacial score (nSPS) is 17.2. The molecule has 0 bridgehead atoms. The number of rotatable bonds is 5. The summed E-state index contributed by atoms with van der Waals surface area (Å²) in [4.78, 5) is 14.7. The Balaban J connectivity index is 1.60. The summed E-state index contributed by atoms with van der Waals surface area (Å²) in [5, 5.41) is 10.3. The molecule has 1 aromatic heterocycles. The van der Waals surface area contributed by atoms with Crippen LogP contribution in [-0.2, 0) is 19.5 Å². The summed E-state index contributed by atoms with van der Waals surface area (Å²) in [5.41, 5.74) is 3.40. The van der Waals surface area contributed by atoms with Gasteiger partial charge in [0, 0.05) is 62.3 Å². The number of fused-ring (bicyclic) bond motifs is 1. The summed E-state index contributed by atoms with van der Waals surface area (Å²) < 4.78 is 5.19. The van der Waals surface area contributed by atoms with Crippen molar-refractivity contribution in [3.05, 3.63) is 40.8 Å². The summed E-state index contributed by atoms with van der Waals surface area (Å²) >= 11 is 0. The third-order valence-corrected chi connectivity index (χ3v) is 5.74. The Morgan fingerprint density at radius 3 is 2.61 bits per heavy atom. The number of phenols is 1. The van der Waals surface area contributed by atoms with Crippen LogP contribution in [0.3, 0.4) is 0 Å². The molecule has 3 heterocycles. The highest BCUT2D eigenvalue weighted by Gasteiger charge is 2.27. The van der Waals surface area contributed by atoms with E-state index >= 15 is 0 Å². The van der Waals surface area contributed by atoms with Crippen molar-refractivity contribution in [2.45, 2.75) is 52.1 Å². The fourth-order valence-corrected chi connectivity index (χ4v) is 4.10. The zero-order chi connectivity index (χ0) is 19.7. The number of aromatic nitrogens is 2. The lowest BCUT2D eigenvalue weighted by Crippen LogP contribution is -2.34. The van der Waals surface area contributed by atoms with Crippen LogP contribution >= 0.6 is 0 Å². The molecule has 0 spiro atoms. The fourth-order valence-electron chi connectivity index (χ4n) is 4.10. The largest absolute Gasteiger partial charge is 0.507 e. The second kappa shape index (κ2) is 7.95. The van der Waals surface area contributed by atoms with Crippen molar-refractivity contribution in [3.63, 3.8) is 0 Å². The number of hydrogen-bond acceptors (Lipinski definition) is 6. The van der Waals surface area contributed by atoms with Gasteiger partial charge in [0.1, 0.15) is 23.1 Å². The first kappa shape index (κ1) is 19.0. The minimum absolute atomic E-state index is 0.288. The average molecular weight is 383 g/mol. The highest BCUT2D eigenvalue weighted by atomic mass is 16.5. The summed E-state index contributed by atoms with van der Waals surface area (Å²) in [6.45, 7) is 8.97. The number of benzene rings is 1. The van der Waals surface area contributed by atoms with E-state index in [4.69, 9.17) is 14.7 Å². The number of ether oxygens (including phenoxy) is 1. The molecule has 0 atom stereocenters. The first-order valence-corrected chi connectivity index (χ1v) is 10.3. The zero-order valence-electron chi connectivity index (χ0n) is 17.1. The summed E-state index contributed by atoms with van der Waals surface area (Å²) in [6.07, 6.45) is 3.40. The van der Waals surface area contributed by atoms with Crippen LogP contribution in [0, 0.1) is 0 Å². The van der Waals surface area contributed by atoms with Gasteiger partial charge in [-0.15, -0.1) is 0 Å². The minimum Gasteiger partial charge on any atom is -0.507 e. The Bertz CT molecular complexity index is 847. The van der Waals surface area contributed by atoms with E-state index in [1.165, 1.54) is 24.1 Å². The molecule has 28 heavy (non-hydrogen) atoms. The van der Waals surface area contributed by atoms with Gasteiger partial charge in [-0.1, -0.05) is 19.9 Å². The Morgan fingerprint density at radius 1 is 1.14 bits per heavy atom. The molecule has 0 amide bonds. The van der Waals surface area contributed by atoms with E-state index in [2.05, 4.69) is 23.6 Å². The second-order valence-electron chi connectivity index (χ2n) is 8.13. The molecule has 1 fully saturated rings. The standard InChI is InChI=1S/C22H30N4O2/c1-15(2)21-23-19-8-11-25(13-16-6-7-17(28-3)12-20(16)27)14-18(19)22(24-21)26-9-4-5-10-26/h6-7,12,15,27H,4-5,8-11,13-14H2,1-3H3. The lowest BCUT2D eigenvalue weighted by Gasteiger charge is -2.32. The third-order valence-electron chi connectivity index (χ3n) is 5.74. The van der Waals surface area contributed by atoms with Crippen LogP contribution in [0.4, 0.5) is 5.82 Å². The topological polar surface area (TPSA) is 61.7 Å². The van der Waals surface area contributed by atoms with Gasteiger partial charge in [-0.3, -0.25) is 4.90 Å². The molecule has 0 radical (unpaired) electrons. The minimum atomic E-state index is 0.288. The predicted molar refractivity (Wildman–Crippen MR) is 110 cm³/mol. The van der Waals surface area contributed by atoms with Gasteiger partial charge in [0.2, 0.25) is 0 Å². The van der Waals surface area contributed by atoms with E-state index in [1.54, 1.807) is 13.2 Å². The van der Waals surface area contributed by atoms with E-state index in [1.807, 2.05) is 12.1 Å². The van der Waals surface area contributed by atoms with E-state index in [0.717, 1.165) is 49.8 Å². The molecule has 0 aliphatic carbocycles. The monoisotopic (exact) mass is 382 g/mol. The van der Waals surface area contributed by atoms with E-state index in [9.17, 15) is 5.11 Å². The molecule has 6 nitrogen and oxygen atoms in total. The van der Waals surface area contributed by atoms with Crippen LogP contribution in [0.1, 0.15) is 55.3 Å². The Hall–Kier alpha value is -2.34. The highest BCUT2D eigenvalue weighted by Crippen LogP contribution is 2.32. The van der Waals surface area contributed by atoms with E-state index < -0.39 is 0 Å². The molecule has 2 aromatic rings. The smallest absolute Gasteiger partial charge is 0.137 e. The molecule has 6 heteroatoms. The highest BCUT2D eigenvalue weighted by molar-refractivity contribution is 5.51. The number of aromatic hydroxyl groups is 1. The van der Waals surface area contributed by atoms with Crippen molar-refractivity contribution in [1.82, 2.24) is 14.9 Å². The number of phenolic OH excluding ortho intramolecular Hbond substituents is 1. The van der Waals surface area contributed by atoms with Crippen molar-refractivity contribution in [3.8, 4) is 11.5 Å². The molecule has 4 rings (SSSR count). The quantitative estimate of drug-likeness (QED) is 0.854. The maximum absolute atomic E-state index is 10.3. The average Bonchev–Trinajstić information content (AvgIpc) is 3.23. The molecular formula is C22H30N4O2. The van der Waals surface area contributed by atoms with Crippen molar-refractivity contribution < 1.29 is 9.84 Å². The Labute approximate surface area is 167 Å². The second-order valence-corrected chi connectivity index (χ2v) is 8.13. The third kappa shape index (κ3) is 3.78. The Morgan fingerprint density at radius 2 is 1.93 bits per heavy atom. The number of hydrogen-bond donors (Lipinski definition) is 1. The summed E-state index contributed by atoms with van der Waals surface area (Å²) in [7, 11) is 1.61. The van der Waals surface area contributed by atoms with E-state index in [0.29, 0.717) is 18.2 Å². The molecule has 2 aliphatic heterocycles. The van der Waals surface area contributed by atoms with Crippen molar-refractivity contribution in [1.29, 1.82) is 0 Å². The molecule has 1 N–H and O–H groups in total. The lowest BCUT2D eigenvalue weighted by molar-refractivity contribution is 0.239. The number of anilines is 1. The van der Waals surface area contributed by atoms with Crippen LogP contribution in [0.5, 0.6) is 11.5 Å². The van der Waals surface area contributed by atoms with Crippen LogP contribution in [0.25, 0.3) is 0 Å². The number of nitrogens with zero attached hydrogens (tertiary/aromatic N) is 4.